The Bertz CT molecular complexity index is 1280. The van der Waals surface area contributed by atoms with E-state index in [0.29, 0.717) is 17.0 Å². The number of nitrogens with zero attached hydrogens (tertiary/aromatic N) is 1. The Morgan fingerprint density at radius 2 is 1.75 bits per heavy atom. The van der Waals surface area contributed by atoms with E-state index in [-0.39, 0.29) is 28.2 Å². The first kappa shape index (κ1) is 27.1. The fourth-order valence-corrected chi connectivity index (χ4v) is 4.25. The fraction of sp³-hybridized carbons (Fsp3) is 0.250. The number of nitrogen functional groups attached to an aromatic ring is 1. The number of ether oxygens (including phenoxy) is 1. The molecule has 3 aromatic rings. The van der Waals surface area contributed by atoms with Gasteiger partial charge >= 0.3 is 5.97 Å². The van der Waals surface area contributed by atoms with Crippen LogP contribution in [0, 0.1) is 11.3 Å². The van der Waals surface area contributed by atoms with E-state index in [1.54, 1.807) is 12.1 Å². The van der Waals surface area contributed by atoms with Crippen LogP contribution in [0.4, 0.5) is 5.69 Å². The molecule has 0 fully saturated rings. The largest absolute Gasteiger partial charge is 0.446 e. The molecular formula is C28H27Cl2N3O3. The Balaban J connectivity index is 1.82. The van der Waals surface area contributed by atoms with Gasteiger partial charge in [-0.05, 0) is 74.7 Å². The normalized spacial score (nSPS) is 12.8. The maximum atomic E-state index is 13.2. The molecule has 186 valence electrons. The van der Waals surface area contributed by atoms with Crippen molar-refractivity contribution in [2.75, 3.05) is 5.73 Å². The first-order valence-corrected chi connectivity index (χ1v) is 12.1. The lowest BCUT2D eigenvalue weighted by molar-refractivity contribution is -0.138. The highest BCUT2D eigenvalue weighted by molar-refractivity contribution is 6.34. The first-order chi connectivity index (χ1) is 17.0. The number of hydrogen-bond donors (Lipinski definition) is 2. The third-order valence-electron chi connectivity index (χ3n) is 5.92. The van der Waals surface area contributed by atoms with Crippen molar-refractivity contribution in [1.29, 1.82) is 5.26 Å². The molecule has 36 heavy (non-hydrogen) atoms. The van der Waals surface area contributed by atoms with E-state index in [4.69, 9.17) is 33.7 Å². The van der Waals surface area contributed by atoms with Crippen molar-refractivity contribution in [1.82, 2.24) is 5.32 Å². The zero-order chi connectivity index (χ0) is 26.5. The van der Waals surface area contributed by atoms with Crippen molar-refractivity contribution in [2.24, 2.45) is 0 Å². The lowest BCUT2D eigenvalue weighted by Gasteiger charge is -2.30. The van der Waals surface area contributed by atoms with Crippen LogP contribution in [0.3, 0.4) is 0 Å². The van der Waals surface area contributed by atoms with Crippen molar-refractivity contribution in [3.05, 3.63) is 99.0 Å². The van der Waals surface area contributed by atoms with Gasteiger partial charge in [-0.15, -0.1) is 0 Å². The van der Waals surface area contributed by atoms with E-state index in [9.17, 15) is 14.9 Å². The van der Waals surface area contributed by atoms with Gasteiger partial charge in [0, 0.05) is 22.7 Å². The van der Waals surface area contributed by atoms with Crippen LogP contribution >= 0.6 is 23.2 Å². The van der Waals surface area contributed by atoms with Crippen LogP contribution in [0.2, 0.25) is 10.0 Å². The van der Waals surface area contributed by atoms with Crippen molar-refractivity contribution in [3.8, 4) is 6.07 Å². The second kappa shape index (κ2) is 11.5. The summed E-state index contributed by atoms with van der Waals surface area (Å²) in [4.78, 5) is 26.0. The molecule has 0 saturated carbocycles. The molecule has 0 aliphatic rings. The predicted molar refractivity (Wildman–Crippen MR) is 142 cm³/mol. The average molecular weight is 524 g/mol. The van der Waals surface area contributed by atoms with Gasteiger partial charge in [-0.2, -0.15) is 5.26 Å². The van der Waals surface area contributed by atoms with Crippen molar-refractivity contribution >= 4 is 40.8 Å². The topological polar surface area (TPSA) is 105 Å². The second-order valence-corrected chi connectivity index (χ2v) is 9.88. The Morgan fingerprint density at radius 3 is 2.39 bits per heavy atom. The Morgan fingerprint density at radius 1 is 1.08 bits per heavy atom. The number of anilines is 1. The van der Waals surface area contributed by atoms with Crippen molar-refractivity contribution in [3.63, 3.8) is 0 Å². The van der Waals surface area contributed by atoms with Gasteiger partial charge < -0.3 is 15.8 Å². The molecule has 3 aromatic carbocycles. The molecule has 3 rings (SSSR count). The molecule has 0 aliphatic heterocycles. The van der Waals surface area contributed by atoms with Crippen molar-refractivity contribution < 1.29 is 14.3 Å². The minimum atomic E-state index is -1.50. The van der Waals surface area contributed by atoms with Crippen LogP contribution in [0.1, 0.15) is 53.7 Å². The number of amides is 1. The van der Waals surface area contributed by atoms with Crippen molar-refractivity contribution in [2.45, 2.75) is 44.8 Å². The van der Waals surface area contributed by atoms with Gasteiger partial charge in [-0.1, -0.05) is 53.5 Å². The molecular weight excluding hydrogens is 497 g/mol. The summed E-state index contributed by atoms with van der Waals surface area (Å²) in [6.07, 6.45) is 0.587. The van der Waals surface area contributed by atoms with E-state index < -0.39 is 17.5 Å². The fourth-order valence-electron chi connectivity index (χ4n) is 3.86. The number of esters is 1. The van der Waals surface area contributed by atoms with E-state index in [2.05, 4.69) is 11.4 Å². The molecule has 0 saturated heterocycles. The van der Waals surface area contributed by atoms with Gasteiger partial charge in [0.05, 0.1) is 16.7 Å². The summed E-state index contributed by atoms with van der Waals surface area (Å²) < 4.78 is 5.53. The summed E-state index contributed by atoms with van der Waals surface area (Å²) in [6, 6.07) is 21.2. The predicted octanol–water partition coefficient (Wildman–Crippen LogP) is 5.91. The standard InChI is InChI=1S/C28H27Cl2N3O3/c1-17(33-27(35)28(2,3)36-26(34)25-23(30)8-5-9-24(25)32)22(15-18-10-12-21(29)13-11-18)20-7-4-6-19(14-20)16-31/h4-14,17,22H,15,32H2,1-3H3,(H,33,35)/t17-,22+/m0/s1. The van der Waals surface area contributed by atoms with Crippen LogP contribution < -0.4 is 11.1 Å². The Hall–Kier alpha value is -3.53. The zero-order valence-corrected chi connectivity index (χ0v) is 21.7. The maximum Gasteiger partial charge on any atom is 0.342 e. The van der Waals surface area contributed by atoms with Crippen LogP contribution in [0.15, 0.2) is 66.7 Å². The number of carbonyl (C=O) groups is 2. The molecule has 0 aliphatic carbocycles. The molecule has 0 spiro atoms. The molecule has 0 unspecified atom stereocenters. The quantitative estimate of drug-likeness (QED) is 0.281. The molecule has 0 heterocycles. The summed E-state index contributed by atoms with van der Waals surface area (Å²) in [5.41, 5.74) is 7.01. The molecule has 0 aromatic heterocycles. The third-order valence-corrected chi connectivity index (χ3v) is 6.49. The number of halogens is 2. The van der Waals surface area contributed by atoms with E-state index >= 15 is 0 Å². The van der Waals surface area contributed by atoms with Crippen LogP contribution in [-0.4, -0.2) is 23.5 Å². The second-order valence-electron chi connectivity index (χ2n) is 9.04. The molecule has 3 N–H and O–H groups in total. The highest BCUT2D eigenvalue weighted by atomic mass is 35.5. The number of rotatable bonds is 8. The van der Waals surface area contributed by atoms with Crippen LogP contribution in [0.5, 0.6) is 0 Å². The number of hydrogen-bond acceptors (Lipinski definition) is 5. The van der Waals surface area contributed by atoms with Crippen LogP contribution in [0.25, 0.3) is 0 Å². The number of nitriles is 1. The minimum Gasteiger partial charge on any atom is -0.446 e. The highest BCUT2D eigenvalue weighted by Gasteiger charge is 2.35. The van der Waals surface area contributed by atoms with Gasteiger partial charge in [0.2, 0.25) is 0 Å². The lowest BCUT2D eigenvalue weighted by Crippen LogP contribution is -2.50. The molecule has 0 radical (unpaired) electrons. The van der Waals surface area contributed by atoms with Gasteiger partial charge in [-0.25, -0.2) is 4.79 Å². The first-order valence-electron chi connectivity index (χ1n) is 11.3. The van der Waals surface area contributed by atoms with Crippen LogP contribution in [-0.2, 0) is 16.0 Å². The van der Waals surface area contributed by atoms with Gasteiger partial charge in [-0.3, -0.25) is 4.79 Å². The molecule has 0 bridgehead atoms. The molecule has 6 nitrogen and oxygen atoms in total. The molecule has 1 amide bonds. The average Bonchev–Trinajstić information content (AvgIpc) is 2.83. The SMILES string of the molecule is C[C@H](NC(=O)C(C)(C)OC(=O)c1c(N)cccc1Cl)[C@@H](Cc1ccc(Cl)cc1)c1cccc(C#N)c1. The number of carbonyl (C=O) groups excluding carboxylic acids is 2. The number of nitrogens with one attached hydrogen (secondary N) is 1. The molecule has 8 heteroatoms. The zero-order valence-electron chi connectivity index (χ0n) is 20.2. The maximum absolute atomic E-state index is 13.2. The molecule has 2 atom stereocenters. The van der Waals surface area contributed by atoms with Gasteiger partial charge in [0.15, 0.2) is 5.60 Å². The Kier molecular flexibility index (Phi) is 8.62. The van der Waals surface area contributed by atoms with E-state index in [0.717, 1.165) is 11.1 Å². The monoisotopic (exact) mass is 523 g/mol. The summed E-state index contributed by atoms with van der Waals surface area (Å²) in [5.74, 6) is -1.44. The summed E-state index contributed by atoms with van der Waals surface area (Å²) >= 11 is 12.2. The minimum absolute atomic E-state index is 0.0158. The van der Waals surface area contributed by atoms with Gasteiger partial charge in [0.25, 0.3) is 5.91 Å². The smallest absolute Gasteiger partial charge is 0.342 e. The number of nitrogens with two attached hydrogens (primary N) is 1. The highest BCUT2D eigenvalue weighted by Crippen LogP contribution is 2.28. The van der Waals surface area contributed by atoms with Gasteiger partial charge in [0.1, 0.15) is 5.56 Å². The Labute approximate surface area is 221 Å². The number of benzene rings is 3. The summed E-state index contributed by atoms with van der Waals surface area (Å²) in [6.45, 7) is 4.89. The lowest BCUT2D eigenvalue weighted by atomic mass is 9.85. The summed E-state index contributed by atoms with van der Waals surface area (Å²) in [7, 11) is 0. The van der Waals surface area contributed by atoms with E-state index in [1.807, 2.05) is 49.4 Å². The van der Waals surface area contributed by atoms with E-state index in [1.165, 1.54) is 26.0 Å². The summed E-state index contributed by atoms with van der Waals surface area (Å²) in [5, 5.41) is 13.1. The third kappa shape index (κ3) is 6.57.